The molecule has 0 aromatic heterocycles. The van der Waals surface area contributed by atoms with Crippen LogP contribution in [0, 0.1) is 23.7 Å². The Hall–Kier alpha value is -0.0800. The van der Waals surface area contributed by atoms with Crippen molar-refractivity contribution in [3.63, 3.8) is 0 Å². The molecule has 4 fully saturated rings. The van der Waals surface area contributed by atoms with Gasteiger partial charge in [0.05, 0.1) is 9.75 Å². The second-order valence-electron chi connectivity index (χ2n) is 10.6. The molecule has 0 heterocycles. The second-order valence-corrected chi connectivity index (χ2v) is 12.1. The Morgan fingerprint density at radius 1 is 0.586 bits per heavy atom. The lowest BCUT2D eigenvalue weighted by Gasteiger charge is -2.44. The predicted octanol–water partition coefficient (Wildman–Crippen LogP) is 7.23. The van der Waals surface area contributed by atoms with Crippen molar-refractivity contribution in [2.45, 2.75) is 119 Å². The molecule has 2 nitrogen and oxygen atoms in total. The minimum absolute atomic E-state index is 0.00965. The molecule has 164 valence electrons. The first-order valence-electron chi connectivity index (χ1n) is 12.4. The Labute approximate surface area is 186 Å². The smallest absolute Gasteiger partial charge is 0.140 e. The van der Waals surface area contributed by atoms with E-state index in [9.17, 15) is 9.59 Å². The van der Waals surface area contributed by atoms with E-state index in [-0.39, 0.29) is 33.4 Å². The molecule has 0 aromatic carbocycles. The lowest BCUT2D eigenvalue weighted by molar-refractivity contribution is -0.135. The molecule has 4 saturated carbocycles. The van der Waals surface area contributed by atoms with Crippen LogP contribution in [0.1, 0.15) is 109 Å². The quantitative estimate of drug-likeness (QED) is 0.431. The van der Waals surface area contributed by atoms with Gasteiger partial charge in [-0.25, -0.2) is 0 Å². The number of rotatable bonds is 4. The summed E-state index contributed by atoms with van der Waals surface area (Å²) in [4.78, 5) is 26.2. The van der Waals surface area contributed by atoms with E-state index in [1.54, 1.807) is 0 Å². The summed E-state index contributed by atoms with van der Waals surface area (Å²) in [7, 11) is 0. The monoisotopic (exact) mass is 440 g/mol. The zero-order valence-electron chi connectivity index (χ0n) is 17.9. The molecule has 4 rings (SSSR count). The first-order chi connectivity index (χ1) is 13.9. The van der Waals surface area contributed by atoms with Gasteiger partial charge in [-0.3, -0.25) is 9.59 Å². The van der Waals surface area contributed by atoms with Gasteiger partial charge in [0.1, 0.15) is 11.6 Å². The first-order valence-corrected chi connectivity index (χ1v) is 13.1. The number of carbonyl (C=O) groups is 2. The van der Waals surface area contributed by atoms with Crippen molar-refractivity contribution in [2.24, 2.45) is 23.7 Å². The van der Waals surface area contributed by atoms with Crippen molar-refractivity contribution in [3.8, 4) is 0 Å². The molecule has 0 aliphatic heterocycles. The fraction of sp³-hybridized carbons (Fsp3) is 0.920. The van der Waals surface area contributed by atoms with E-state index in [2.05, 4.69) is 0 Å². The van der Waals surface area contributed by atoms with Gasteiger partial charge in [0.25, 0.3) is 0 Å². The van der Waals surface area contributed by atoms with Crippen LogP contribution in [-0.4, -0.2) is 21.3 Å². The molecule has 0 unspecified atom stereocenters. The zero-order chi connectivity index (χ0) is 20.5. The standard InChI is InChI=1S/C25H38Cl2O2/c26-24(13-3-1-4-14-24)20-11-7-9-18(22(20)28)17-19-10-8-12-21(23(19)29)25(27)15-5-2-6-16-25/h18-21H,1-17H2/t18-,19+,20-,21+. The van der Waals surface area contributed by atoms with Crippen LogP contribution in [0.5, 0.6) is 0 Å². The third-order valence-corrected chi connectivity index (χ3v) is 10.1. The Kier molecular flexibility index (Phi) is 7.01. The van der Waals surface area contributed by atoms with Crippen molar-refractivity contribution >= 4 is 34.8 Å². The van der Waals surface area contributed by atoms with Gasteiger partial charge in [-0.1, -0.05) is 51.4 Å². The molecular formula is C25H38Cl2O2. The van der Waals surface area contributed by atoms with Gasteiger partial charge < -0.3 is 0 Å². The molecule has 4 aliphatic rings. The number of hydrogen-bond donors (Lipinski definition) is 0. The number of hydrogen-bond acceptors (Lipinski definition) is 2. The predicted molar refractivity (Wildman–Crippen MR) is 120 cm³/mol. The van der Waals surface area contributed by atoms with E-state index < -0.39 is 0 Å². The number of ketones is 2. The van der Waals surface area contributed by atoms with E-state index in [4.69, 9.17) is 23.2 Å². The second kappa shape index (κ2) is 9.19. The van der Waals surface area contributed by atoms with Gasteiger partial charge in [0.15, 0.2) is 0 Å². The topological polar surface area (TPSA) is 34.1 Å². The Bertz CT molecular complexity index is 552. The SMILES string of the molecule is O=C1[C@@H](C[C@@H]2CCC[C@H](C3(Cl)CCCCC3)C2=O)CCC[C@H]1C1(Cl)CCCCC1. The maximum Gasteiger partial charge on any atom is 0.140 e. The van der Waals surface area contributed by atoms with Crippen LogP contribution in [0.2, 0.25) is 0 Å². The van der Waals surface area contributed by atoms with E-state index in [0.717, 1.165) is 96.3 Å². The molecule has 4 atom stereocenters. The van der Waals surface area contributed by atoms with Crippen molar-refractivity contribution in [3.05, 3.63) is 0 Å². The van der Waals surface area contributed by atoms with Crippen LogP contribution in [0.3, 0.4) is 0 Å². The highest BCUT2D eigenvalue weighted by Gasteiger charge is 2.49. The molecule has 0 amide bonds. The highest BCUT2D eigenvalue weighted by molar-refractivity contribution is 6.26. The Balaban J connectivity index is 1.42. The number of Topliss-reactive ketones (excluding diaryl/α,β-unsaturated/α-hetero) is 2. The van der Waals surface area contributed by atoms with Crippen molar-refractivity contribution in [1.29, 1.82) is 0 Å². The third-order valence-electron chi connectivity index (χ3n) is 8.77. The van der Waals surface area contributed by atoms with Crippen molar-refractivity contribution in [1.82, 2.24) is 0 Å². The first kappa shape index (κ1) is 22.1. The normalized spacial score (nSPS) is 38.0. The molecule has 4 heteroatoms. The van der Waals surface area contributed by atoms with Crippen LogP contribution in [0.25, 0.3) is 0 Å². The fourth-order valence-electron chi connectivity index (χ4n) is 7.09. The fourth-order valence-corrected chi connectivity index (χ4v) is 8.06. The van der Waals surface area contributed by atoms with E-state index in [0.29, 0.717) is 11.6 Å². The Morgan fingerprint density at radius 3 is 1.34 bits per heavy atom. The molecule has 0 aromatic rings. The van der Waals surface area contributed by atoms with Crippen LogP contribution in [0.4, 0.5) is 0 Å². The molecule has 4 aliphatic carbocycles. The Morgan fingerprint density at radius 2 is 0.966 bits per heavy atom. The average molecular weight is 441 g/mol. The molecule has 0 saturated heterocycles. The number of halogens is 2. The summed E-state index contributed by atoms with van der Waals surface area (Å²) in [6.45, 7) is 0. The summed E-state index contributed by atoms with van der Waals surface area (Å²) in [6, 6.07) is 0. The summed E-state index contributed by atoms with van der Waals surface area (Å²) >= 11 is 14.0. The lowest BCUT2D eigenvalue weighted by atomic mass is 9.64. The van der Waals surface area contributed by atoms with E-state index in [1.807, 2.05) is 0 Å². The number of carbonyl (C=O) groups excluding carboxylic acids is 2. The van der Waals surface area contributed by atoms with Crippen LogP contribution in [-0.2, 0) is 9.59 Å². The van der Waals surface area contributed by atoms with Crippen molar-refractivity contribution < 1.29 is 9.59 Å². The minimum atomic E-state index is -0.310. The highest BCUT2D eigenvalue weighted by Crippen LogP contribution is 2.49. The van der Waals surface area contributed by atoms with Gasteiger partial charge in [-0.2, -0.15) is 0 Å². The van der Waals surface area contributed by atoms with Gasteiger partial charge in [-0.05, 0) is 57.8 Å². The van der Waals surface area contributed by atoms with Crippen molar-refractivity contribution in [2.75, 3.05) is 0 Å². The van der Waals surface area contributed by atoms with Gasteiger partial charge in [0, 0.05) is 23.7 Å². The van der Waals surface area contributed by atoms with E-state index >= 15 is 0 Å². The average Bonchev–Trinajstić information content (AvgIpc) is 2.72. The van der Waals surface area contributed by atoms with E-state index in [1.165, 1.54) is 12.8 Å². The molecule has 29 heavy (non-hydrogen) atoms. The van der Waals surface area contributed by atoms with Crippen LogP contribution in [0.15, 0.2) is 0 Å². The summed E-state index contributed by atoms with van der Waals surface area (Å²) in [5, 5.41) is 0. The molecule has 0 bridgehead atoms. The van der Waals surface area contributed by atoms with Crippen LogP contribution < -0.4 is 0 Å². The molecular weight excluding hydrogens is 403 g/mol. The van der Waals surface area contributed by atoms with Crippen LogP contribution >= 0.6 is 23.2 Å². The third kappa shape index (κ3) is 4.59. The summed E-state index contributed by atoms with van der Waals surface area (Å²) in [6.07, 6.45) is 17.7. The van der Waals surface area contributed by atoms with Gasteiger partial charge >= 0.3 is 0 Å². The maximum atomic E-state index is 13.4. The summed E-state index contributed by atoms with van der Waals surface area (Å²) in [5.41, 5.74) is 0. The summed E-state index contributed by atoms with van der Waals surface area (Å²) in [5.74, 6) is 0.849. The zero-order valence-corrected chi connectivity index (χ0v) is 19.4. The summed E-state index contributed by atoms with van der Waals surface area (Å²) < 4.78 is 0. The maximum absolute atomic E-state index is 13.4. The largest absolute Gasteiger partial charge is 0.299 e. The number of alkyl halides is 2. The van der Waals surface area contributed by atoms with Gasteiger partial charge in [-0.15, -0.1) is 23.2 Å². The molecule has 0 radical (unpaired) electrons. The minimum Gasteiger partial charge on any atom is -0.299 e. The van der Waals surface area contributed by atoms with Gasteiger partial charge in [0.2, 0.25) is 0 Å². The lowest BCUT2D eigenvalue weighted by Crippen LogP contribution is -2.46. The molecule has 0 spiro atoms. The highest BCUT2D eigenvalue weighted by atomic mass is 35.5. The molecule has 0 N–H and O–H groups in total.